The van der Waals surface area contributed by atoms with Crippen LogP contribution >= 0.6 is 11.3 Å². The minimum atomic E-state index is -4.53. The van der Waals surface area contributed by atoms with Crippen molar-refractivity contribution in [1.29, 1.82) is 0 Å². The first-order valence-corrected chi connectivity index (χ1v) is 8.85. The van der Waals surface area contributed by atoms with Gasteiger partial charge in [-0.3, -0.25) is 0 Å². The second kappa shape index (κ2) is 7.24. The quantitative estimate of drug-likeness (QED) is 0.660. The van der Waals surface area contributed by atoms with Crippen molar-refractivity contribution in [3.63, 3.8) is 0 Å². The van der Waals surface area contributed by atoms with Gasteiger partial charge in [0.05, 0.1) is 11.5 Å². The molecule has 0 saturated carbocycles. The molecule has 9 heteroatoms. The molecule has 2 N–H and O–H groups in total. The first kappa shape index (κ1) is 19.2. The number of aromatic nitrogens is 3. The minimum absolute atomic E-state index is 0.0194. The van der Waals surface area contributed by atoms with Crippen molar-refractivity contribution in [2.24, 2.45) is 0 Å². The Kier molecular flexibility index (Phi) is 5.16. The van der Waals surface area contributed by atoms with E-state index in [1.54, 1.807) is 24.4 Å². The predicted octanol–water partition coefficient (Wildman–Crippen LogP) is 4.63. The fraction of sp³-hybridized carbons (Fsp3) is 0.278. The lowest BCUT2D eigenvalue weighted by molar-refractivity contribution is -0.141. The number of nitrogens with zero attached hydrogens (tertiary/aromatic N) is 3. The number of aliphatic hydroxyl groups excluding tert-OH is 1. The van der Waals surface area contributed by atoms with E-state index < -0.39 is 17.3 Å². The number of alkyl halides is 3. The second-order valence-corrected chi connectivity index (χ2v) is 7.57. The molecule has 2 heterocycles. The molecular weight excluding hydrogens is 377 g/mol. The first-order valence-electron chi connectivity index (χ1n) is 8.04. The molecule has 27 heavy (non-hydrogen) atoms. The van der Waals surface area contributed by atoms with Crippen LogP contribution in [0.1, 0.15) is 24.5 Å². The van der Waals surface area contributed by atoms with Crippen molar-refractivity contribution in [3.8, 4) is 10.4 Å². The molecule has 0 aliphatic rings. The highest BCUT2D eigenvalue weighted by atomic mass is 32.1. The summed E-state index contributed by atoms with van der Waals surface area (Å²) in [6, 6.07) is 7.98. The molecule has 0 amide bonds. The molecule has 142 valence electrons. The number of thiazole rings is 1. The topological polar surface area (TPSA) is 70.9 Å². The van der Waals surface area contributed by atoms with Gasteiger partial charge in [0.25, 0.3) is 0 Å². The molecule has 0 radical (unpaired) electrons. The van der Waals surface area contributed by atoms with E-state index in [1.807, 2.05) is 19.9 Å². The summed E-state index contributed by atoms with van der Waals surface area (Å²) in [4.78, 5) is 12.6. The Hall–Kier alpha value is -2.52. The highest BCUT2D eigenvalue weighted by Gasteiger charge is 2.32. The van der Waals surface area contributed by atoms with Gasteiger partial charge in [-0.1, -0.05) is 26.0 Å². The SMILES string of the molecule is CC(C)(CO)c1ncc(-c2cccc(Nc3nccc(C(F)(F)F)n3)c2)s1. The fourth-order valence-corrected chi connectivity index (χ4v) is 3.25. The second-order valence-electron chi connectivity index (χ2n) is 6.54. The normalized spacial score (nSPS) is 12.2. The predicted molar refractivity (Wildman–Crippen MR) is 98.0 cm³/mol. The molecule has 3 aromatic rings. The lowest BCUT2D eigenvalue weighted by Gasteiger charge is -2.17. The van der Waals surface area contributed by atoms with Gasteiger partial charge in [0.15, 0.2) is 0 Å². The molecule has 2 aromatic heterocycles. The van der Waals surface area contributed by atoms with Gasteiger partial charge >= 0.3 is 6.18 Å². The average Bonchev–Trinajstić information content (AvgIpc) is 3.13. The molecule has 0 unspecified atom stereocenters. The van der Waals surface area contributed by atoms with E-state index in [0.29, 0.717) is 5.69 Å². The number of rotatable bonds is 5. The number of aliphatic hydroxyl groups is 1. The van der Waals surface area contributed by atoms with Gasteiger partial charge in [-0.15, -0.1) is 11.3 Å². The largest absolute Gasteiger partial charge is 0.433 e. The molecule has 0 aliphatic heterocycles. The maximum Gasteiger partial charge on any atom is 0.433 e. The standard InChI is InChI=1S/C18H17F3N4OS/c1-17(2,10-26)15-23-9-13(27-15)11-4-3-5-12(8-11)24-16-22-7-6-14(25-16)18(19,20)21/h3-9,26H,10H2,1-2H3,(H,22,24,25). The van der Waals surface area contributed by atoms with E-state index in [-0.39, 0.29) is 12.6 Å². The van der Waals surface area contributed by atoms with Crippen molar-refractivity contribution >= 4 is 23.0 Å². The third-order valence-corrected chi connectivity index (χ3v) is 5.24. The van der Waals surface area contributed by atoms with Crippen molar-refractivity contribution in [3.05, 3.63) is 53.4 Å². The highest BCUT2D eigenvalue weighted by molar-refractivity contribution is 7.15. The Balaban J connectivity index is 1.85. The number of benzene rings is 1. The Morgan fingerprint density at radius 2 is 1.93 bits per heavy atom. The molecule has 0 spiro atoms. The zero-order valence-corrected chi connectivity index (χ0v) is 15.4. The highest BCUT2D eigenvalue weighted by Crippen LogP contribution is 2.34. The molecule has 5 nitrogen and oxygen atoms in total. The Morgan fingerprint density at radius 3 is 2.63 bits per heavy atom. The lowest BCUT2D eigenvalue weighted by Crippen LogP contribution is -2.21. The van der Waals surface area contributed by atoms with Crippen LogP contribution in [0.2, 0.25) is 0 Å². The van der Waals surface area contributed by atoms with Crippen molar-refractivity contribution in [2.75, 3.05) is 11.9 Å². The van der Waals surface area contributed by atoms with E-state index >= 15 is 0 Å². The van der Waals surface area contributed by atoms with Crippen LogP contribution in [-0.2, 0) is 11.6 Å². The minimum Gasteiger partial charge on any atom is -0.395 e. The van der Waals surface area contributed by atoms with Crippen LogP contribution in [0, 0.1) is 0 Å². The summed E-state index contributed by atoms with van der Waals surface area (Å²) >= 11 is 1.46. The van der Waals surface area contributed by atoms with Crippen molar-refractivity contribution in [1.82, 2.24) is 15.0 Å². The molecule has 0 fully saturated rings. The van der Waals surface area contributed by atoms with E-state index in [0.717, 1.165) is 27.7 Å². The monoisotopic (exact) mass is 394 g/mol. The Labute approximate surface area is 158 Å². The maximum absolute atomic E-state index is 12.8. The number of hydrogen-bond donors (Lipinski definition) is 2. The van der Waals surface area contributed by atoms with Gasteiger partial charge in [0.1, 0.15) is 10.7 Å². The number of halogens is 3. The van der Waals surface area contributed by atoms with E-state index in [2.05, 4.69) is 20.3 Å². The summed E-state index contributed by atoms with van der Waals surface area (Å²) in [6.45, 7) is 3.78. The van der Waals surface area contributed by atoms with Crippen molar-refractivity contribution < 1.29 is 18.3 Å². The number of nitrogens with one attached hydrogen (secondary N) is 1. The van der Waals surface area contributed by atoms with Crippen LogP contribution in [0.4, 0.5) is 24.8 Å². The fourth-order valence-electron chi connectivity index (χ4n) is 2.24. The van der Waals surface area contributed by atoms with Crippen LogP contribution < -0.4 is 5.32 Å². The zero-order valence-electron chi connectivity index (χ0n) is 14.6. The molecule has 0 aliphatic carbocycles. The molecule has 0 saturated heterocycles. The molecule has 3 rings (SSSR count). The Bertz CT molecular complexity index is 940. The number of hydrogen-bond acceptors (Lipinski definition) is 6. The molecule has 0 atom stereocenters. The van der Waals surface area contributed by atoms with Crippen LogP contribution in [-0.4, -0.2) is 26.7 Å². The third-order valence-electron chi connectivity index (χ3n) is 3.83. The lowest BCUT2D eigenvalue weighted by atomic mass is 9.96. The van der Waals surface area contributed by atoms with Crippen LogP contribution in [0.25, 0.3) is 10.4 Å². The summed E-state index contributed by atoms with van der Waals surface area (Å²) in [5.74, 6) is -0.131. The van der Waals surface area contributed by atoms with Gasteiger partial charge < -0.3 is 10.4 Å². The van der Waals surface area contributed by atoms with E-state index in [9.17, 15) is 18.3 Å². The van der Waals surface area contributed by atoms with Gasteiger partial charge in [0.2, 0.25) is 5.95 Å². The van der Waals surface area contributed by atoms with Gasteiger partial charge in [0, 0.05) is 23.5 Å². The Morgan fingerprint density at radius 1 is 1.15 bits per heavy atom. The molecule has 1 aromatic carbocycles. The number of anilines is 2. The third kappa shape index (κ3) is 4.42. The van der Waals surface area contributed by atoms with E-state index in [1.165, 1.54) is 11.3 Å². The van der Waals surface area contributed by atoms with Crippen molar-refractivity contribution in [2.45, 2.75) is 25.4 Å². The summed E-state index contributed by atoms with van der Waals surface area (Å²) in [5, 5.41) is 13.1. The summed E-state index contributed by atoms with van der Waals surface area (Å²) in [6.07, 6.45) is -1.74. The summed E-state index contributed by atoms with van der Waals surface area (Å²) < 4.78 is 38.3. The van der Waals surface area contributed by atoms with Crippen LogP contribution in [0.15, 0.2) is 42.7 Å². The van der Waals surface area contributed by atoms with Gasteiger partial charge in [-0.05, 0) is 23.8 Å². The van der Waals surface area contributed by atoms with Crippen LogP contribution in [0.3, 0.4) is 0 Å². The molecular formula is C18H17F3N4OS. The summed E-state index contributed by atoms with van der Waals surface area (Å²) in [5.41, 5.74) is -0.0351. The maximum atomic E-state index is 12.8. The smallest absolute Gasteiger partial charge is 0.395 e. The van der Waals surface area contributed by atoms with Crippen LogP contribution in [0.5, 0.6) is 0 Å². The molecule has 0 bridgehead atoms. The van der Waals surface area contributed by atoms with Gasteiger partial charge in [-0.25, -0.2) is 15.0 Å². The first-order chi connectivity index (χ1) is 12.7. The zero-order chi connectivity index (χ0) is 19.7. The van der Waals surface area contributed by atoms with Gasteiger partial charge in [-0.2, -0.15) is 13.2 Å². The summed E-state index contributed by atoms with van der Waals surface area (Å²) in [7, 11) is 0. The van der Waals surface area contributed by atoms with E-state index in [4.69, 9.17) is 0 Å². The average molecular weight is 394 g/mol.